The standard InChI is InChI=1S/C22H19N3O3/c26-22(23-13-21-27-7-8-28-21)18-5-3-14-9-15(1-2-16(14)10-18)17-4-6-19-12-24-25-20(19)11-17/h1-6,9-12,21H,7-8,13H2,(H,23,26)(H,24,25). The van der Waals surface area contributed by atoms with E-state index in [9.17, 15) is 4.79 Å². The molecular formula is C22H19N3O3. The first-order valence-corrected chi connectivity index (χ1v) is 9.25. The normalized spacial score (nSPS) is 14.7. The van der Waals surface area contributed by atoms with Gasteiger partial charge in [-0.1, -0.05) is 30.3 Å². The SMILES string of the molecule is O=C(NCC1OCCO1)c1ccc2cc(-c3ccc4cn[nH]c4c3)ccc2c1. The van der Waals surface area contributed by atoms with Crippen molar-refractivity contribution < 1.29 is 14.3 Å². The Labute approximate surface area is 161 Å². The van der Waals surface area contributed by atoms with Crippen LogP contribution in [0.3, 0.4) is 0 Å². The number of fused-ring (bicyclic) bond motifs is 2. The Morgan fingerprint density at radius 2 is 1.68 bits per heavy atom. The minimum atomic E-state index is -0.348. The molecule has 3 aromatic carbocycles. The molecule has 0 spiro atoms. The summed E-state index contributed by atoms with van der Waals surface area (Å²) in [6.07, 6.45) is 1.47. The Hall–Kier alpha value is -3.22. The lowest BCUT2D eigenvalue weighted by atomic mass is 9.99. The fraction of sp³-hybridized carbons (Fsp3) is 0.182. The molecule has 0 saturated carbocycles. The quantitative estimate of drug-likeness (QED) is 0.574. The first-order valence-electron chi connectivity index (χ1n) is 9.25. The number of amides is 1. The number of nitrogens with zero attached hydrogens (tertiary/aromatic N) is 1. The molecule has 0 bridgehead atoms. The van der Waals surface area contributed by atoms with E-state index in [2.05, 4.69) is 45.8 Å². The number of nitrogens with one attached hydrogen (secondary N) is 2. The van der Waals surface area contributed by atoms with Crippen molar-refractivity contribution in [1.29, 1.82) is 0 Å². The highest BCUT2D eigenvalue weighted by Gasteiger charge is 2.17. The van der Waals surface area contributed by atoms with Crippen LogP contribution in [0.2, 0.25) is 0 Å². The second-order valence-electron chi connectivity index (χ2n) is 6.83. The summed E-state index contributed by atoms with van der Waals surface area (Å²) in [7, 11) is 0. The molecule has 28 heavy (non-hydrogen) atoms. The third kappa shape index (κ3) is 3.24. The van der Waals surface area contributed by atoms with Crippen molar-refractivity contribution in [2.45, 2.75) is 6.29 Å². The molecule has 1 fully saturated rings. The highest BCUT2D eigenvalue weighted by atomic mass is 16.7. The van der Waals surface area contributed by atoms with Crippen LogP contribution in [0, 0.1) is 0 Å². The van der Waals surface area contributed by atoms with Crippen LogP contribution in [0.1, 0.15) is 10.4 Å². The van der Waals surface area contributed by atoms with Gasteiger partial charge in [-0.2, -0.15) is 5.10 Å². The molecule has 2 N–H and O–H groups in total. The van der Waals surface area contributed by atoms with Crippen LogP contribution >= 0.6 is 0 Å². The van der Waals surface area contributed by atoms with E-state index in [4.69, 9.17) is 9.47 Å². The second-order valence-corrected chi connectivity index (χ2v) is 6.83. The van der Waals surface area contributed by atoms with E-state index in [1.165, 1.54) is 0 Å². The van der Waals surface area contributed by atoms with Crippen molar-refractivity contribution in [2.75, 3.05) is 19.8 Å². The van der Waals surface area contributed by atoms with Crippen LogP contribution in [0.15, 0.2) is 60.8 Å². The number of H-pyrrole nitrogens is 1. The Morgan fingerprint density at radius 3 is 2.54 bits per heavy atom. The average Bonchev–Trinajstić information content (AvgIpc) is 3.42. The van der Waals surface area contributed by atoms with E-state index in [0.29, 0.717) is 25.3 Å². The third-order valence-corrected chi connectivity index (χ3v) is 5.00. The molecular weight excluding hydrogens is 354 g/mol. The zero-order valence-corrected chi connectivity index (χ0v) is 15.1. The lowest BCUT2D eigenvalue weighted by Gasteiger charge is -2.11. The first-order chi connectivity index (χ1) is 13.8. The van der Waals surface area contributed by atoms with Crippen LogP contribution in [-0.4, -0.2) is 42.2 Å². The van der Waals surface area contributed by atoms with Gasteiger partial charge in [0, 0.05) is 10.9 Å². The van der Waals surface area contributed by atoms with Crippen LogP contribution < -0.4 is 5.32 Å². The fourth-order valence-electron chi connectivity index (χ4n) is 3.49. The molecule has 2 heterocycles. The summed E-state index contributed by atoms with van der Waals surface area (Å²) < 4.78 is 10.7. The molecule has 4 aromatic rings. The van der Waals surface area contributed by atoms with Gasteiger partial charge in [-0.15, -0.1) is 0 Å². The molecule has 1 aliphatic rings. The van der Waals surface area contributed by atoms with E-state index in [0.717, 1.165) is 32.8 Å². The van der Waals surface area contributed by atoms with Crippen molar-refractivity contribution in [2.24, 2.45) is 0 Å². The van der Waals surface area contributed by atoms with Crippen LogP contribution in [-0.2, 0) is 9.47 Å². The van der Waals surface area contributed by atoms with E-state index in [1.54, 1.807) is 0 Å². The van der Waals surface area contributed by atoms with Gasteiger partial charge in [-0.25, -0.2) is 0 Å². The minimum Gasteiger partial charge on any atom is -0.348 e. The van der Waals surface area contributed by atoms with Gasteiger partial charge in [0.15, 0.2) is 6.29 Å². The number of hydrogen-bond donors (Lipinski definition) is 2. The zero-order valence-electron chi connectivity index (χ0n) is 15.1. The van der Waals surface area contributed by atoms with Crippen molar-refractivity contribution in [3.8, 4) is 11.1 Å². The summed E-state index contributed by atoms with van der Waals surface area (Å²) in [5.41, 5.74) is 3.88. The smallest absolute Gasteiger partial charge is 0.251 e. The number of carbonyl (C=O) groups excluding carboxylic acids is 1. The topological polar surface area (TPSA) is 76.2 Å². The summed E-state index contributed by atoms with van der Waals surface area (Å²) in [6.45, 7) is 1.50. The molecule has 1 saturated heterocycles. The van der Waals surface area contributed by atoms with Gasteiger partial charge in [-0.3, -0.25) is 9.89 Å². The number of hydrogen-bond acceptors (Lipinski definition) is 4. The molecule has 1 aromatic heterocycles. The molecule has 0 unspecified atom stereocenters. The van der Waals surface area contributed by atoms with Gasteiger partial charge in [0.25, 0.3) is 5.91 Å². The van der Waals surface area contributed by atoms with Gasteiger partial charge in [-0.05, 0) is 46.2 Å². The number of carbonyl (C=O) groups is 1. The molecule has 1 amide bonds. The third-order valence-electron chi connectivity index (χ3n) is 5.00. The van der Waals surface area contributed by atoms with E-state index in [1.807, 2.05) is 30.5 Å². The Balaban J connectivity index is 1.38. The summed E-state index contributed by atoms with van der Waals surface area (Å²) in [5.74, 6) is -0.130. The fourth-order valence-corrected chi connectivity index (χ4v) is 3.49. The average molecular weight is 373 g/mol. The number of rotatable bonds is 4. The highest BCUT2D eigenvalue weighted by Crippen LogP contribution is 2.27. The van der Waals surface area contributed by atoms with Gasteiger partial charge in [0.2, 0.25) is 0 Å². The highest BCUT2D eigenvalue weighted by molar-refractivity contribution is 5.99. The zero-order chi connectivity index (χ0) is 18.9. The van der Waals surface area contributed by atoms with Gasteiger partial charge >= 0.3 is 0 Å². The molecule has 140 valence electrons. The Morgan fingerprint density at radius 1 is 0.964 bits per heavy atom. The van der Waals surface area contributed by atoms with E-state index < -0.39 is 0 Å². The number of benzene rings is 3. The summed E-state index contributed by atoms with van der Waals surface area (Å²) in [4.78, 5) is 12.4. The number of ether oxygens (including phenoxy) is 2. The van der Waals surface area contributed by atoms with Crippen LogP contribution in [0.5, 0.6) is 0 Å². The summed E-state index contributed by atoms with van der Waals surface area (Å²) in [5, 5.41) is 13.1. The summed E-state index contributed by atoms with van der Waals surface area (Å²) >= 11 is 0. The predicted molar refractivity (Wildman–Crippen MR) is 107 cm³/mol. The Kier molecular flexibility index (Phi) is 4.27. The largest absolute Gasteiger partial charge is 0.348 e. The van der Waals surface area contributed by atoms with Crippen molar-refractivity contribution >= 4 is 27.6 Å². The van der Waals surface area contributed by atoms with Crippen LogP contribution in [0.25, 0.3) is 32.8 Å². The van der Waals surface area contributed by atoms with Crippen molar-refractivity contribution in [3.63, 3.8) is 0 Å². The number of aromatic amines is 1. The molecule has 6 nitrogen and oxygen atoms in total. The first kappa shape index (κ1) is 16.9. The second kappa shape index (κ2) is 7.07. The van der Waals surface area contributed by atoms with Gasteiger partial charge in [0.1, 0.15) is 0 Å². The van der Waals surface area contributed by atoms with E-state index >= 15 is 0 Å². The molecule has 5 rings (SSSR count). The van der Waals surface area contributed by atoms with E-state index in [-0.39, 0.29) is 12.2 Å². The monoisotopic (exact) mass is 373 g/mol. The lowest BCUT2D eigenvalue weighted by molar-refractivity contribution is -0.0379. The van der Waals surface area contributed by atoms with Crippen molar-refractivity contribution in [1.82, 2.24) is 15.5 Å². The molecule has 0 radical (unpaired) electrons. The lowest BCUT2D eigenvalue weighted by Crippen LogP contribution is -2.32. The maximum Gasteiger partial charge on any atom is 0.251 e. The maximum absolute atomic E-state index is 12.4. The predicted octanol–water partition coefficient (Wildman–Crippen LogP) is 3.49. The van der Waals surface area contributed by atoms with Gasteiger partial charge in [0.05, 0.1) is 31.5 Å². The van der Waals surface area contributed by atoms with Crippen molar-refractivity contribution in [3.05, 3.63) is 66.4 Å². The Bertz CT molecular complexity index is 1160. The maximum atomic E-state index is 12.4. The van der Waals surface area contributed by atoms with Crippen LogP contribution in [0.4, 0.5) is 0 Å². The molecule has 1 aliphatic heterocycles. The van der Waals surface area contributed by atoms with Gasteiger partial charge < -0.3 is 14.8 Å². The molecule has 0 atom stereocenters. The molecule has 6 heteroatoms. The summed E-state index contributed by atoms with van der Waals surface area (Å²) in [6, 6.07) is 18.2. The minimum absolute atomic E-state index is 0.130. The number of aromatic nitrogens is 2. The molecule has 0 aliphatic carbocycles.